The summed E-state index contributed by atoms with van der Waals surface area (Å²) in [5.41, 5.74) is 12.1. The summed E-state index contributed by atoms with van der Waals surface area (Å²) < 4.78 is 2.42. The molecule has 2 nitrogen and oxygen atoms in total. The van der Waals surface area contributed by atoms with Gasteiger partial charge in [-0.3, -0.25) is 0 Å². The van der Waals surface area contributed by atoms with Gasteiger partial charge in [-0.15, -0.1) is 0 Å². The molecule has 0 saturated heterocycles. The summed E-state index contributed by atoms with van der Waals surface area (Å²) in [6, 6.07) is 48.5. The van der Waals surface area contributed by atoms with E-state index in [1.54, 1.807) is 0 Å². The highest BCUT2D eigenvalue weighted by Crippen LogP contribution is 2.38. The zero-order valence-electron chi connectivity index (χ0n) is 21.6. The summed E-state index contributed by atoms with van der Waals surface area (Å²) in [7, 11) is 0. The zero-order chi connectivity index (χ0) is 25.9. The molecular formula is C37H26N2. The molecule has 8 aromatic rings. The quantitative estimate of drug-likeness (QED) is 0.250. The Labute approximate surface area is 226 Å². The van der Waals surface area contributed by atoms with Gasteiger partial charge in [0.2, 0.25) is 0 Å². The van der Waals surface area contributed by atoms with E-state index in [0.717, 1.165) is 0 Å². The van der Waals surface area contributed by atoms with Gasteiger partial charge >= 0.3 is 0 Å². The molecule has 0 radical (unpaired) electrons. The van der Waals surface area contributed by atoms with Gasteiger partial charge in [-0.05, 0) is 83.3 Å². The number of hydrogen-bond donors (Lipinski definition) is 1. The lowest BCUT2D eigenvalue weighted by atomic mass is 10.00. The summed E-state index contributed by atoms with van der Waals surface area (Å²) in [6.45, 7) is 2.16. The normalized spacial score (nSPS) is 11.7. The number of benzene rings is 6. The summed E-state index contributed by atoms with van der Waals surface area (Å²) in [4.78, 5) is 3.55. The molecule has 2 heteroatoms. The van der Waals surface area contributed by atoms with Crippen LogP contribution >= 0.6 is 0 Å². The second-order valence-corrected chi connectivity index (χ2v) is 10.4. The van der Waals surface area contributed by atoms with Crippen LogP contribution in [-0.2, 0) is 0 Å². The van der Waals surface area contributed by atoms with Gasteiger partial charge < -0.3 is 9.55 Å². The van der Waals surface area contributed by atoms with Crippen LogP contribution in [0, 0.1) is 6.92 Å². The fraction of sp³-hybridized carbons (Fsp3) is 0.0270. The van der Waals surface area contributed by atoms with E-state index in [4.69, 9.17) is 0 Å². The van der Waals surface area contributed by atoms with E-state index in [-0.39, 0.29) is 0 Å². The number of nitrogens with zero attached hydrogens (tertiary/aromatic N) is 1. The summed E-state index contributed by atoms with van der Waals surface area (Å²) in [5.74, 6) is 0. The second-order valence-electron chi connectivity index (χ2n) is 10.4. The van der Waals surface area contributed by atoms with E-state index in [1.807, 2.05) is 0 Å². The molecule has 184 valence electrons. The van der Waals surface area contributed by atoms with Crippen molar-refractivity contribution in [3.05, 3.63) is 139 Å². The lowest BCUT2D eigenvalue weighted by Gasteiger charge is -2.10. The molecule has 1 N–H and O–H groups in total. The van der Waals surface area contributed by atoms with Crippen LogP contribution in [0.2, 0.25) is 0 Å². The fourth-order valence-corrected chi connectivity index (χ4v) is 6.08. The van der Waals surface area contributed by atoms with Crippen LogP contribution in [-0.4, -0.2) is 9.55 Å². The Balaban J connectivity index is 1.39. The predicted molar refractivity (Wildman–Crippen MR) is 166 cm³/mol. The zero-order valence-corrected chi connectivity index (χ0v) is 21.6. The molecule has 0 amide bonds. The Bertz CT molecular complexity index is 2180. The monoisotopic (exact) mass is 498 g/mol. The molecule has 0 bridgehead atoms. The third kappa shape index (κ3) is 3.49. The lowest BCUT2D eigenvalue weighted by molar-refractivity contribution is 1.17. The number of aromatic nitrogens is 2. The Kier molecular flexibility index (Phi) is 4.77. The first-order valence-corrected chi connectivity index (χ1v) is 13.4. The average Bonchev–Trinajstić information content (AvgIpc) is 3.52. The molecule has 0 saturated carbocycles. The van der Waals surface area contributed by atoms with E-state index in [2.05, 4.69) is 150 Å². The molecule has 0 fully saturated rings. The van der Waals surface area contributed by atoms with Gasteiger partial charge in [0.25, 0.3) is 0 Å². The maximum Gasteiger partial charge on any atom is 0.0547 e. The van der Waals surface area contributed by atoms with E-state index >= 15 is 0 Å². The largest absolute Gasteiger partial charge is 0.355 e. The summed E-state index contributed by atoms with van der Waals surface area (Å²) in [5, 5.41) is 5.06. The molecule has 2 heterocycles. The molecule has 0 aliphatic heterocycles. The van der Waals surface area contributed by atoms with Gasteiger partial charge in [-0.2, -0.15) is 0 Å². The highest BCUT2D eigenvalue weighted by atomic mass is 15.0. The molecule has 39 heavy (non-hydrogen) atoms. The van der Waals surface area contributed by atoms with Crippen molar-refractivity contribution < 1.29 is 0 Å². The molecule has 0 aliphatic rings. The molecule has 2 aromatic heterocycles. The third-order valence-electron chi connectivity index (χ3n) is 7.97. The number of aromatic amines is 1. The minimum atomic E-state index is 1.17. The Morgan fingerprint density at radius 2 is 1.15 bits per heavy atom. The number of rotatable bonds is 3. The number of H-pyrrole nitrogens is 1. The van der Waals surface area contributed by atoms with E-state index in [9.17, 15) is 0 Å². The van der Waals surface area contributed by atoms with Crippen molar-refractivity contribution in [2.45, 2.75) is 6.92 Å². The van der Waals surface area contributed by atoms with Crippen LogP contribution in [0.25, 0.3) is 71.6 Å². The van der Waals surface area contributed by atoms with Crippen LogP contribution in [0.5, 0.6) is 0 Å². The van der Waals surface area contributed by atoms with Crippen molar-refractivity contribution in [1.82, 2.24) is 9.55 Å². The van der Waals surface area contributed by atoms with Crippen LogP contribution in [0.3, 0.4) is 0 Å². The number of nitrogens with one attached hydrogen (secondary N) is 1. The number of aryl methyl sites for hydroxylation is 1. The maximum atomic E-state index is 3.55. The number of fused-ring (bicyclic) bond motifs is 6. The molecule has 0 unspecified atom stereocenters. The second kappa shape index (κ2) is 8.47. The highest BCUT2D eigenvalue weighted by Gasteiger charge is 2.15. The number of para-hydroxylation sites is 1. The predicted octanol–water partition coefficient (Wildman–Crippen LogP) is 10.1. The molecule has 0 aliphatic carbocycles. The van der Waals surface area contributed by atoms with Crippen molar-refractivity contribution in [3.8, 4) is 27.9 Å². The minimum absolute atomic E-state index is 1.17. The third-order valence-corrected chi connectivity index (χ3v) is 7.97. The first-order chi connectivity index (χ1) is 19.2. The van der Waals surface area contributed by atoms with E-state index in [1.165, 1.54) is 77.1 Å². The fourth-order valence-electron chi connectivity index (χ4n) is 6.08. The summed E-state index contributed by atoms with van der Waals surface area (Å²) in [6.07, 6.45) is 0. The molecule has 8 rings (SSSR count). The topological polar surface area (TPSA) is 20.7 Å². The summed E-state index contributed by atoms with van der Waals surface area (Å²) >= 11 is 0. The Hall–Kier alpha value is -5.08. The van der Waals surface area contributed by atoms with E-state index < -0.39 is 0 Å². The molecule has 0 atom stereocenters. The smallest absolute Gasteiger partial charge is 0.0547 e. The van der Waals surface area contributed by atoms with Crippen molar-refractivity contribution >= 4 is 43.6 Å². The van der Waals surface area contributed by atoms with Gasteiger partial charge in [0, 0.05) is 38.3 Å². The maximum absolute atomic E-state index is 3.55. The first kappa shape index (κ1) is 22.0. The number of hydrogen-bond acceptors (Lipinski definition) is 0. The highest BCUT2D eigenvalue weighted by molar-refractivity contribution is 6.12. The van der Waals surface area contributed by atoms with Gasteiger partial charge in [-0.1, -0.05) is 84.9 Å². The van der Waals surface area contributed by atoms with Crippen molar-refractivity contribution in [1.29, 1.82) is 0 Å². The Morgan fingerprint density at radius 1 is 0.436 bits per heavy atom. The minimum Gasteiger partial charge on any atom is -0.355 e. The van der Waals surface area contributed by atoms with Crippen LogP contribution in [0.1, 0.15) is 5.56 Å². The van der Waals surface area contributed by atoms with Crippen molar-refractivity contribution in [2.24, 2.45) is 0 Å². The van der Waals surface area contributed by atoms with Crippen LogP contribution in [0.4, 0.5) is 0 Å². The SMILES string of the molecule is Cc1cccc(-n2c3ccc(-c4ccccc4)cc3c3ccc(-c4ccc5[nH]c6ccccc6c5c4)cc32)c1. The van der Waals surface area contributed by atoms with Crippen LogP contribution < -0.4 is 0 Å². The van der Waals surface area contributed by atoms with Gasteiger partial charge in [-0.25, -0.2) is 0 Å². The Morgan fingerprint density at radius 3 is 2.05 bits per heavy atom. The molecule has 6 aromatic carbocycles. The van der Waals surface area contributed by atoms with Crippen molar-refractivity contribution in [3.63, 3.8) is 0 Å². The van der Waals surface area contributed by atoms with Gasteiger partial charge in [0.15, 0.2) is 0 Å². The standard InChI is InChI=1S/C37H26N2/c1-24-8-7-11-29(20-24)39-36-19-16-26(25-9-3-2-4-10-25)22-33(36)31-17-14-28(23-37(31)39)27-15-18-35-32(21-27)30-12-5-6-13-34(30)38-35/h2-23,38H,1H3. The van der Waals surface area contributed by atoms with Gasteiger partial charge in [0.1, 0.15) is 0 Å². The lowest BCUT2D eigenvalue weighted by Crippen LogP contribution is -1.94. The average molecular weight is 499 g/mol. The van der Waals surface area contributed by atoms with E-state index in [0.29, 0.717) is 0 Å². The molecular weight excluding hydrogens is 472 g/mol. The first-order valence-electron chi connectivity index (χ1n) is 13.4. The van der Waals surface area contributed by atoms with Crippen molar-refractivity contribution in [2.75, 3.05) is 0 Å². The van der Waals surface area contributed by atoms with Gasteiger partial charge in [0.05, 0.1) is 11.0 Å². The molecule has 0 spiro atoms. The van der Waals surface area contributed by atoms with Crippen LogP contribution in [0.15, 0.2) is 133 Å².